The van der Waals surface area contributed by atoms with E-state index in [1.807, 2.05) is 0 Å². The number of hydrogen-bond acceptors (Lipinski definition) is 4. The highest BCUT2D eigenvalue weighted by atomic mass is 32.2. The van der Waals surface area contributed by atoms with E-state index in [2.05, 4.69) is 22.4 Å². The molecule has 1 fully saturated rings. The Bertz CT molecular complexity index is 561. The first-order valence-electron chi connectivity index (χ1n) is 7.63. The van der Waals surface area contributed by atoms with Crippen LogP contribution < -0.4 is 5.32 Å². The molecule has 0 saturated heterocycles. The fourth-order valence-electron chi connectivity index (χ4n) is 2.71. The molecule has 1 N–H and O–H groups in total. The fourth-order valence-corrected chi connectivity index (χ4v) is 3.53. The lowest BCUT2D eigenvalue weighted by molar-refractivity contribution is -0.147. The van der Waals surface area contributed by atoms with Gasteiger partial charge in [0.1, 0.15) is 0 Å². The second kappa shape index (κ2) is 7.11. The summed E-state index contributed by atoms with van der Waals surface area (Å²) in [5.41, 5.74) is 0. The zero-order chi connectivity index (χ0) is 17.2. The SMILES string of the molecule is C[C@@H]1CCCC[C@@H]1NC(=O)[C@@H](C)Sc1nnc(C(F)(F)F)n1C. The van der Waals surface area contributed by atoms with E-state index < -0.39 is 17.3 Å². The molecule has 1 aliphatic carbocycles. The van der Waals surface area contributed by atoms with Crippen LogP contribution in [0, 0.1) is 5.92 Å². The molecule has 1 saturated carbocycles. The van der Waals surface area contributed by atoms with Gasteiger partial charge in [0.15, 0.2) is 5.16 Å². The van der Waals surface area contributed by atoms with Crippen LogP contribution in [-0.2, 0) is 18.0 Å². The van der Waals surface area contributed by atoms with Gasteiger partial charge in [-0.2, -0.15) is 13.2 Å². The molecule has 1 aromatic rings. The van der Waals surface area contributed by atoms with Gasteiger partial charge >= 0.3 is 6.18 Å². The van der Waals surface area contributed by atoms with Gasteiger partial charge in [0.25, 0.3) is 0 Å². The molecular weight excluding hydrogens is 329 g/mol. The minimum absolute atomic E-state index is 0.0802. The van der Waals surface area contributed by atoms with Crippen LogP contribution in [0.2, 0.25) is 0 Å². The van der Waals surface area contributed by atoms with Crippen LogP contribution in [0.25, 0.3) is 0 Å². The minimum Gasteiger partial charge on any atom is -0.352 e. The van der Waals surface area contributed by atoms with E-state index in [0.29, 0.717) is 5.92 Å². The maximum Gasteiger partial charge on any atom is 0.451 e. The van der Waals surface area contributed by atoms with Crippen molar-refractivity contribution in [1.29, 1.82) is 0 Å². The zero-order valence-corrected chi connectivity index (χ0v) is 14.2. The van der Waals surface area contributed by atoms with Crippen LogP contribution in [0.4, 0.5) is 13.2 Å². The summed E-state index contributed by atoms with van der Waals surface area (Å²) in [6, 6.07) is 0.143. The van der Waals surface area contributed by atoms with E-state index in [0.717, 1.165) is 35.6 Å². The number of nitrogens with zero attached hydrogens (tertiary/aromatic N) is 3. The van der Waals surface area contributed by atoms with Gasteiger partial charge in [-0.15, -0.1) is 10.2 Å². The Labute approximate surface area is 137 Å². The molecule has 1 heterocycles. The minimum atomic E-state index is -4.55. The van der Waals surface area contributed by atoms with E-state index in [1.165, 1.54) is 13.5 Å². The van der Waals surface area contributed by atoms with E-state index in [4.69, 9.17) is 0 Å². The summed E-state index contributed by atoms with van der Waals surface area (Å²) in [6.07, 6.45) is -0.243. The number of amides is 1. The van der Waals surface area contributed by atoms with Gasteiger partial charge in [-0.05, 0) is 25.7 Å². The number of nitrogens with one attached hydrogen (secondary N) is 1. The van der Waals surface area contributed by atoms with Crippen molar-refractivity contribution in [3.63, 3.8) is 0 Å². The Kier molecular flexibility index (Phi) is 5.59. The molecule has 2 rings (SSSR count). The highest BCUT2D eigenvalue weighted by molar-refractivity contribution is 8.00. The molecule has 0 spiro atoms. The predicted molar refractivity (Wildman–Crippen MR) is 80.9 cm³/mol. The van der Waals surface area contributed by atoms with Crippen molar-refractivity contribution in [3.8, 4) is 0 Å². The summed E-state index contributed by atoms with van der Waals surface area (Å²) in [5, 5.41) is 9.26. The third kappa shape index (κ3) is 4.39. The van der Waals surface area contributed by atoms with Crippen LogP contribution in [0.15, 0.2) is 5.16 Å². The van der Waals surface area contributed by atoms with Crippen LogP contribution in [0.5, 0.6) is 0 Å². The maximum absolute atomic E-state index is 12.7. The normalized spacial score (nSPS) is 23.6. The second-order valence-electron chi connectivity index (χ2n) is 6.00. The van der Waals surface area contributed by atoms with Crippen LogP contribution in [0.3, 0.4) is 0 Å². The molecule has 5 nitrogen and oxygen atoms in total. The van der Waals surface area contributed by atoms with Crippen LogP contribution in [-0.4, -0.2) is 32.0 Å². The Morgan fingerprint density at radius 3 is 2.57 bits per heavy atom. The first-order valence-corrected chi connectivity index (χ1v) is 8.51. The standard InChI is InChI=1S/C14H21F3N4OS/c1-8-6-4-5-7-10(8)18-11(22)9(2)23-13-20-19-12(21(13)3)14(15,16)17/h8-10H,4-7H2,1-3H3,(H,18,22)/t8-,9-,10+/m1/s1. The number of carbonyl (C=O) groups excluding carboxylic acids is 1. The number of hydrogen-bond donors (Lipinski definition) is 1. The first kappa shape index (κ1) is 18.1. The second-order valence-corrected chi connectivity index (χ2v) is 7.31. The highest BCUT2D eigenvalue weighted by Crippen LogP contribution is 2.31. The Morgan fingerprint density at radius 1 is 1.35 bits per heavy atom. The Hall–Kier alpha value is -1.25. The molecule has 23 heavy (non-hydrogen) atoms. The van der Waals surface area contributed by atoms with Crippen LogP contribution >= 0.6 is 11.8 Å². The zero-order valence-electron chi connectivity index (χ0n) is 13.4. The lowest BCUT2D eigenvalue weighted by Gasteiger charge is -2.30. The maximum atomic E-state index is 12.7. The van der Waals surface area contributed by atoms with Gasteiger partial charge in [0.05, 0.1) is 5.25 Å². The lowest BCUT2D eigenvalue weighted by atomic mass is 9.86. The van der Waals surface area contributed by atoms with Crippen LogP contribution in [0.1, 0.15) is 45.4 Å². The van der Waals surface area contributed by atoms with Crippen molar-refractivity contribution in [2.45, 2.75) is 62.2 Å². The van der Waals surface area contributed by atoms with Gasteiger partial charge in [0.2, 0.25) is 11.7 Å². The number of aromatic nitrogens is 3. The van der Waals surface area contributed by atoms with E-state index in [9.17, 15) is 18.0 Å². The number of alkyl halides is 3. The van der Waals surface area contributed by atoms with Crippen molar-refractivity contribution < 1.29 is 18.0 Å². The topological polar surface area (TPSA) is 59.8 Å². The predicted octanol–water partition coefficient (Wildman–Crippen LogP) is 3.01. The number of thioether (sulfide) groups is 1. The van der Waals surface area contributed by atoms with Crippen molar-refractivity contribution in [2.24, 2.45) is 13.0 Å². The van der Waals surface area contributed by atoms with E-state index in [1.54, 1.807) is 6.92 Å². The van der Waals surface area contributed by atoms with Gasteiger partial charge in [-0.3, -0.25) is 4.79 Å². The molecule has 1 amide bonds. The highest BCUT2D eigenvalue weighted by Gasteiger charge is 2.38. The van der Waals surface area contributed by atoms with Gasteiger partial charge < -0.3 is 9.88 Å². The molecule has 0 unspecified atom stereocenters. The molecule has 1 aromatic heterocycles. The first-order chi connectivity index (χ1) is 10.7. The Morgan fingerprint density at radius 2 is 2.00 bits per heavy atom. The van der Waals surface area contributed by atoms with Gasteiger partial charge in [-0.25, -0.2) is 0 Å². The average Bonchev–Trinajstić information content (AvgIpc) is 2.82. The third-order valence-electron chi connectivity index (χ3n) is 4.18. The number of carbonyl (C=O) groups is 1. The largest absolute Gasteiger partial charge is 0.451 e. The molecule has 1 aliphatic rings. The number of halogens is 3. The molecule has 0 aliphatic heterocycles. The average molecular weight is 350 g/mol. The van der Waals surface area contributed by atoms with Crippen molar-refractivity contribution >= 4 is 17.7 Å². The van der Waals surface area contributed by atoms with Crippen molar-refractivity contribution in [1.82, 2.24) is 20.1 Å². The molecule has 130 valence electrons. The summed E-state index contributed by atoms with van der Waals surface area (Å²) in [7, 11) is 1.25. The van der Waals surface area contributed by atoms with E-state index >= 15 is 0 Å². The quantitative estimate of drug-likeness (QED) is 0.848. The summed E-state index contributed by atoms with van der Waals surface area (Å²) < 4.78 is 39.0. The molecule has 0 bridgehead atoms. The summed E-state index contributed by atoms with van der Waals surface area (Å²) >= 11 is 0.982. The summed E-state index contributed by atoms with van der Waals surface area (Å²) in [6.45, 7) is 3.77. The molecule has 3 atom stereocenters. The van der Waals surface area contributed by atoms with Crippen molar-refractivity contribution in [2.75, 3.05) is 0 Å². The monoisotopic (exact) mass is 350 g/mol. The molecule has 9 heteroatoms. The van der Waals surface area contributed by atoms with E-state index in [-0.39, 0.29) is 17.1 Å². The summed E-state index contributed by atoms with van der Waals surface area (Å²) in [4.78, 5) is 12.3. The molecule has 0 aromatic carbocycles. The lowest BCUT2D eigenvalue weighted by Crippen LogP contribution is -2.44. The van der Waals surface area contributed by atoms with Crippen molar-refractivity contribution in [3.05, 3.63) is 5.82 Å². The number of rotatable bonds is 4. The van der Waals surface area contributed by atoms with Gasteiger partial charge in [-0.1, -0.05) is 31.5 Å². The molecule has 0 radical (unpaired) electrons. The third-order valence-corrected chi connectivity index (χ3v) is 5.31. The van der Waals surface area contributed by atoms with Gasteiger partial charge in [0, 0.05) is 13.1 Å². The molecular formula is C14H21F3N4OS. The smallest absolute Gasteiger partial charge is 0.352 e. The fraction of sp³-hybridized carbons (Fsp3) is 0.786. The Balaban J connectivity index is 1.97. The summed E-state index contributed by atoms with van der Waals surface area (Å²) in [5.74, 6) is -0.810.